The van der Waals surface area contributed by atoms with Gasteiger partial charge in [-0.3, -0.25) is 0 Å². The third kappa shape index (κ3) is 3.98. The van der Waals surface area contributed by atoms with Crippen molar-refractivity contribution in [3.05, 3.63) is 65.9 Å². The van der Waals surface area contributed by atoms with Crippen molar-refractivity contribution in [2.45, 2.75) is 13.5 Å². The minimum atomic E-state index is 0.411. The number of nitrogens with zero attached hydrogens (tertiary/aromatic N) is 3. The summed E-state index contributed by atoms with van der Waals surface area (Å²) in [5.41, 5.74) is 3.21. The topological polar surface area (TPSA) is 72.0 Å². The molecule has 3 aromatic rings. The molecule has 0 aliphatic carbocycles. The Balaban J connectivity index is 1.70. The molecule has 2 aromatic carbocycles. The highest BCUT2D eigenvalue weighted by Gasteiger charge is 2.05. The predicted octanol–water partition coefficient (Wildman–Crippen LogP) is 3.54. The number of ether oxygens (including phenoxy) is 1. The standard InChI is InChI=1S/C18H19N5O/c1-13-6-5-7-14(10-13)11-19-17-12-20-23-18(22-17)21-15-8-3-4-9-16(15)24-2/h3-10,12H,11H2,1-2H3,(H2,19,21,22,23). The Labute approximate surface area is 140 Å². The Morgan fingerprint density at radius 2 is 1.96 bits per heavy atom. The van der Waals surface area contributed by atoms with Gasteiger partial charge in [0.15, 0.2) is 5.82 Å². The Bertz CT molecular complexity index is 822. The average molecular weight is 321 g/mol. The van der Waals surface area contributed by atoms with E-state index in [1.54, 1.807) is 13.3 Å². The van der Waals surface area contributed by atoms with Gasteiger partial charge >= 0.3 is 0 Å². The SMILES string of the molecule is COc1ccccc1Nc1nncc(NCc2cccc(C)c2)n1. The van der Waals surface area contributed by atoms with Crippen molar-refractivity contribution in [2.24, 2.45) is 0 Å². The molecule has 122 valence electrons. The summed E-state index contributed by atoms with van der Waals surface area (Å²) in [6, 6.07) is 15.9. The summed E-state index contributed by atoms with van der Waals surface area (Å²) in [4.78, 5) is 4.43. The lowest BCUT2D eigenvalue weighted by Gasteiger charge is -2.10. The summed E-state index contributed by atoms with van der Waals surface area (Å²) in [7, 11) is 1.62. The third-order valence-electron chi connectivity index (χ3n) is 3.47. The number of rotatable bonds is 6. The second-order valence-electron chi connectivity index (χ2n) is 5.33. The Kier molecular flexibility index (Phi) is 4.86. The van der Waals surface area contributed by atoms with Crippen molar-refractivity contribution in [1.82, 2.24) is 15.2 Å². The molecule has 0 atom stereocenters. The fourth-order valence-electron chi connectivity index (χ4n) is 2.32. The molecule has 0 bridgehead atoms. The van der Waals surface area contributed by atoms with Crippen molar-refractivity contribution in [2.75, 3.05) is 17.7 Å². The van der Waals surface area contributed by atoms with E-state index < -0.39 is 0 Å². The van der Waals surface area contributed by atoms with Crippen molar-refractivity contribution < 1.29 is 4.74 Å². The van der Waals surface area contributed by atoms with Crippen LogP contribution < -0.4 is 15.4 Å². The van der Waals surface area contributed by atoms with Gasteiger partial charge < -0.3 is 15.4 Å². The van der Waals surface area contributed by atoms with Crippen LogP contribution in [0.15, 0.2) is 54.7 Å². The third-order valence-corrected chi connectivity index (χ3v) is 3.47. The van der Waals surface area contributed by atoms with E-state index in [4.69, 9.17) is 4.74 Å². The van der Waals surface area contributed by atoms with E-state index in [-0.39, 0.29) is 0 Å². The number of aromatic nitrogens is 3. The molecule has 0 aliphatic rings. The van der Waals surface area contributed by atoms with Crippen molar-refractivity contribution in [3.63, 3.8) is 0 Å². The molecule has 1 aromatic heterocycles. The van der Waals surface area contributed by atoms with Gasteiger partial charge in [0, 0.05) is 6.54 Å². The summed E-state index contributed by atoms with van der Waals surface area (Å²) in [6.07, 6.45) is 1.60. The first-order chi connectivity index (χ1) is 11.7. The van der Waals surface area contributed by atoms with Crippen LogP contribution >= 0.6 is 0 Å². The van der Waals surface area contributed by atoms with E-state index in [9.17, 15) is 0 Å². The predicted molar refractivity (Wildman–Crippen MR) is 94.6 cm³/mol. The van der Waals surface area contributed by atoms with Crippen LogP contribution in [0.2, 0.25) is 0 Å². The van der Waals surface area contributed by atoms with Gasteiger partial charge in [-0.15, -0.1) is 5.10 Å². The molecule has 0 saturated heterocycles. The minimum absolute atomic E-state index is 0.411. The van der Waals surface area contributed by atoms with Crippen LogP contribution in [0.1, 0.15) is 11.1 Å². The van der Waals surface area contributed by atoms with Crippen LogP contribution in [0.5, 0.6) is 5.75 Å². The molecule has 0 amide bonds. The maximum atomic E-state index is 5.31. The normalized spacial score (nSPS) is 10.2. The molecule has 24 heavy (non-hydrogen) atoms. The fraction of sp³-hybridized carbons (Fsp3) is 0.167. The zero-order valence-electron chi connectivity index (χ0n) is 13.7. The lowest BCUT2D eigenvalue weighted by atomic mass is 10.1. The van der Waals surface area contributed by atoms with Gasteiger partial charge in [0.1, 0.15) is 5.75 Å². The summed E-state index contributed by atoms with van der Waals surface area (Å²) < 4.78 is 5.31. The zero-order valence-corrected chi connectivity index (χ0v) is 13.7. The van der Waals surface area contributed by atoms with Gasteiger partial charge in [0.05, 0.1) is 19.0 Å². The van der Waals surface area contributed by atoms with Gasteiger partial charge in [0.2, 0.25) is 5.95 Å². The number of aryl methyl sites for hydroxylation is 1. The van der Waals surface area contributed by atoms with Crippen molar-refractivity contribution >= 4 is 17.5 Å². The van der Waals surface area contributed by atoms with E-state index in [2.05, 4.69) is 50.9 Å². The summed E-state index contributed by atoms with van der Waals surface area (Å²) in [6.45, 7) is 2.75. The lowest BCUT2D eigenvalue weighted by molar-refractivity contribution is 0.417. The Hall–Kier alpha value is -3.15. The number of hydrogen-bond donors (Lipinski definition) is 2. The molecule has 6 nitrogen and oxygen atoms in total. The fourth-order valence-corrected chi connectivity index (χ4v) is 2.32. The van der Waals surface area contributed by atoms with Crippen LogP contribution in [-0.4, -0.2) is 22.3 Å². The molecular weight excluding hydrogens is 302 g/mol. The van der Waals surface area contributed by atoms with E-state index in [1.165, 1.54) is 11.1 Å². The van der Waals surface area contributed by atoms with Gasteiger partial charge in [-0.2, -0.15) is 10.1 Å². The lowest BCUT2D eigenvalue weighted by Crippen LogP contribution is -2.06. The highest BCUT2D eigenvalue weighted by atomic mass is 16.5. The average Bonchev–Trinajstić information content (AvgIpc) is 2.61. The molecular formula is C18H19N5O. The minimum Gasteiger partial charge on any atom is -0.495 e. The van der Waals surface area contributed by atoms with Gasteiger partial charge in [-0.1, -0.05) is 42.0 Å². The number of benzene rings is 2. The highest BCUT2D eigenvalue weighted by Crippen LogP contribution is 2.25. The number of methoxy groups -OCH3 is 1. The molecule has 0 fully saturated rings. The molecule has 0 unspecified atom stereocenters. The van der Waals surface area contributed by atoms with Crippen LogP contribution in [-0.2, 0) is 6.54 Å². The zero-order chi connectivity index (χ0) is 16.8. The molecule has 3 rings (SSSR count). The molecule has 1 heterocycles. The summed E-state index contributed by atoms with van der Waals surface area (Å²) >= 11 is 0. The van der Waals surface area contributed by atoms with E-state index >= 15 is 0 Å². The Morgan fingerprint density at radius 3 is 2.79 bits per heavy atom. The molecule has 0 saturated carbocycles. The molecule has 0 radical (unpaired) electrons. The first-order valence-electron chi connectivity index (χ1n) is 7.64. The number of para-hydroxylation sites is 2. The Morgan fingerprint density at radius 1 is 1.08 bits per heavy atom. The first-order valence-corrected chi connectivity index (χ1v) is 7.64. The van der Waals surface area contributed by atoms with Gasteiger partial charge in [-0.05, 0) is 24.6 Å². The van der Waals surface area contributed by atoms with Crippen LogP contribution in [0.3, 0.4) is 0 Å². The number of hydrogen-bond acceptors (Lipinski definition) is 6. The van der Waals surface area contributed by atoms with Gasteiger partial charge in [0.25, 0.3) is 0 Å². The van der Waals surface area contributed by atoms with Crippen molar-refractivity contribution in [1.29, 1.82) is 0 Å². The summed E-state index contributed by atoms with van der Waals surface area (Å²) in [5.74, 6) is 1.79. The van der Waals surface area contributed by atoms with E-state index in [0.717, 1.165) is 11.4 Å². The van der Waals surface area contributed by atoms with E-state index in [1.807, 2.05) is 30.3 Å². The molecule has 0 aliphatic heterocycles. The maximum Gasteiger partial charge on any atom is 0.249 e. The summed E-state index contributed by atoms with van der Waals surface area (Å²) in [5, 5.41) is 14.4. The van der Waals surface area contributed by atoms with Crippen LogP contribution in [0.25, 0.3) is 0 Å². The molecule has 6 heteroatoms. The van der Waals surface area contributed by atoms with Gasteiger partial charge in [-0.25, -0.2) is 0 Å². The smallest absolute Gasteiger partial charge is 0.249 e. The molecule has 0 spiro atoms. The van der Waals surface area contributed by atoms with Crippen LogP contribution in [0.4, 0.5) is 17.5 Å². The number of nitrogens with one attached hydrogen (secondary N) is 2. The van der Waals surface area contributed by atoms with E-state index in [0.29, 0.717) is 18.3 Å². The highest BCUT2D eigenvalue weighted by molar-refractivity contribution is 5.62. The van der Waals surface area contributed by atoms with Crippen LogP contribution in [0, 0.1) is 6.92 Å². The first kappa shape index (κ1) is 15.7. The largest absolute Gasteiger partial charge is 0.495 e. The maximum absolute atomic E-state index is 5.31. The second-order valence-corrected chi connectivity index (χ2v) is 5.33. The quantitative estimate of drug-likeness (QED) is 0.723. The van der Waals surface area contributed by atoms with Crippen molar-refractivity contribution in [3.8, 4) is 5.75 Å². The second kappa shape index (κ2) is 7.41. The number of anilines is 3. The molecule has 2 N–H and O–H groups in total. The monoisotopic (exact) mass is 321 g/mol.